The topological polar surface area (TPSA) is 95.4 Å². The number of nitrogens with two attached hydrogens (primary N) is 1. The van der Waals surface area contributed by atoms with Gasteiger partial charge in [0.2, 0.25) is 5.91 Å². The SMILES string of the molecule is NC(=O)C1(c2cccc(Sc3ccc4c(ccc5ncnn54)c3)n2)CCOCC1. The first-order valence-corrected chi connectivity index (χ1v) is 10.2. The van der Waals surface area contributed by atoms with Gasteiger partial charge in [-0.25, -0.2) is 14.5 Å². The summed E-state index contributed by atoms with van der Waals surface area (Å²) in [5, 5.41) is 6.18. The number of amides is 1. The Labute approximate surface area is 171 Å². The van der Waals surface area contributed by atoms with Gasteiger partial charge >= 0.3 is 0 Å². The van der Waals surface area contributed by atoms with Gasteiger partial charge in [0.1, 0.15) is 11.4 Å². The highest BCUT2D eigenvalue weighted by atomic mass is 32.2. The molecule has 1 aliphatic rings. The van der Waals surface area contributed by atoms with Crippen LogP contribution in [0.15, 0.2) is 64.8 Å². The predicted molar refractivity (Wildman–Crippen MR) is 110 cm³/mol. The van der Waals surface area contributed by atoms with Gasteiger partial charge in [-0.3, -0.25) is 4.79 Å². The van der Waals surface area contributed by atoms with E-state index in [-0.39, 0.29) is 5.91 Å². The molecule has 3 aromatic heterocycles. The zero-order valence-electron chi connectivity index (χ0n) is 15.6. The third-order valence-corrected chi connectivity index (χ3v) is 6.39. The maximum absolute atomic E-state index is 12.3. The van der Waals surface area contributed by atoms with Crippen molar-refractivity contribution in [1.82, 2.24) is 19.6 Å². The molecule has 0 spiro atoms. The van der Waals surface area contributed by atoms with Crippen LogP contribution >= 0.6 is 11.8 Å². The highest BCUT2D eigenvalue weighted by Crippen LogP contribution is 2.36. The van der Waals surface area contributed by atoms with Crippen molar-refractivity contribution in [3.05, 3.63) is 60.6 Å². The summed E-state index contributed by atoms with van der Waals surface area (Å²) in [5.41, 5.74) is 7.57. The number of aromatic nitrogens is 4. The number of fused-ring (bicyclic) bond motifs is 3. The Morgan fingerprint density at radius 1 is 1.14 bits per heavy atom. The Balaban J connectivity index is 1.48. The van der Waals surface area contributed by atoms with Gasteiger partial charge in [0.05, 0.1) is 16.6 Å². The summed E-state index contributed by atoms with van der Waals surface area (Å²) in [4.78, 5) is 22.4. The van der Waals surface area contributed by atoms with Crippen LogP contribution in [0.2, 0.25) is 0 Å². The molecule has 8 heteroatoms. The second-order valence-corrected chi connectivity index (χ2v) is 8.20. The van der Waals surface area contributed by atoms with E-state index in [9.17, 15) is 4.79 Å². The molecule has 4 heterocycles. The molecule has 0 unspecified atom stereocenters. The van der Waals surface area contributed by atoms with Gasteiger partial charge in [0.25, 0.3) is 0 Å². The Kier molecular flexibility index (Phi) is 4.44. The second kappa shape index (κ2) is 7.13. The zero-order valence-corrected chi connectivity index (χ0v) is 16.4. The molecule has 0 atom stereocenters. The van der Waals surface area contributed by atoms with E-state index in [0.717, 1.165) is 32.2 Å². The highest BCUT2D eigenvalue weighted by molar-refractivity contribution is 7.99. The fraction of sp³-hybridized carbons (Fsp3) is 0.238. The lowest BCUT2D eigenvalue weighted by Gasteiger charge is -2.33. The summed E-state index contributed by atoms with van der Waals surface area (Å²) in [5.74, 6) is -0.335. The number of hydrogen-bond donors (Lipinski definition) is 1. The number of pyridine rings is 2. The lowest BCUT2D eigenvalue weighted by Crippen LogP contribution is -2.46. The Bertz CT molecular complexity index is 1220. The number of primary amides is 1. The number of nitrogens with zero attached hydrogens (tertiary/aromatic N) is 4. The van der Waals surface area contributed by atoms with Crippen LogP contribution in [0.5, 0.6) is 0 Å². The summed E-state index contributed by atoms with van der Waals surface area (Å²) in [6, 6.07) is 15.9. The minimum atomic E-state index is -0.753. The Hall–Kier alpha value is -2.97. The zero-order chi connectivity index (χ0) is 19.8. The van der Waals surface area contributed by atoms with E-state index in [0.29, 0.717) is 26.1 Å². The third-order valence-electron chi connectivity index (χ3n) is 5.47. The van der Waals surface area contributed by atoms with Crippen molar-refractivity contribution in [2.45, 2.75) is 28.2 Å². The van der Waals surface area contributed by atoms with Crippen molar-refractivity contribution in [3.63, 3.8) is 0 Å². The minimum absolute atomic E-state index is 0.335. The van der Waals surface area contributed by atoms with Gasteiger partial charge in [0, 0.05) is 23.5 Å². The molecule has 5 rings (SSSR count). The average Bonchev–Trinajstić information content (AvgIpc) is 3.23. The molecule has 0 radical (unpaired) electrons. The molecule has 1 aromatic carbocycles. The summed E-state index contributed by atoms with van der Waals surface area (Å²) >= 11 is 1.56. The van der Waals surface area contributed by atoms with Crippen molar-refractivity contribution in [2.24, 2.45) is 5.73 Å². The molecule has 29 heavy (non-hydrogen) atoms. The fourth-order valence-electron chi connectivity index (χ4n) is 3.84. The molecule has 2 N–H and O–H groups in total. The van der Waals surface area contributed by atoms with E-state index in [1.54, 1.807) is 18.1 Å². The largest absolute Gasteiger partial charge is 0.381 e. The molecule has 7 nitrogen and oxygen atoms in total. The van der Waals surface area contributed by atoms with E-state index in [1.807, 2.05) is 47.0 Å². The number of carbonyl (C=O) groups is 1. The summed E-state index contributed by atoms with van der Waals surface area (Å²) < 4.78 is 7.26. The van der Waals surface area contributed by atoms with Crippen LogP contribution in [0.25, 0.3) is 16.6 Å². The number of benzene rings is 1. The first kappa shape index (κ1) is 18.1. The van der Waals surface area contributed by atoms with Crippen molar-refractivity contribution < 1.29 is 9.53 Å². The molecule has 146 valence electrons. The number of rotatable bonds is 4. The molecular formula is C21H19N5O2S. The van der Waals surface area contributed by atoms with Crippen molar-refractivity contribution >= 4 is 34.2 Å². The van der Waals surface area contributed by atoms with Gasteiger partial charge in [-0.2, -0.15) is 5.10 Å². The lowest BCUT2D eigenvalue weighted by molar-refractivity contribution is -0.127. The van der Waals surface area contributed by atoms with Crippen LogP contribution in [0.4, 0.5) is 0 Å². The molecule has 1 fully saturated rings. The molecule has 0 aliphatic carbocycles. The standard InChI is InChI=1S/C21H19N5O2S/c22-20(27)21(8-10-28-11-9-21)17-2-1-3-19(25-17)29-15-5-6-16-14(12-15)4-7-18-23-13-24-26(16)18/h1-7,12-13H,8-11H2,(H2,22,27). The summed E-state index contributed by atoms with van der Waals surface area (Å²) in [6.07, 6.45) is 2.68. The molecule has 1 amide bonds. The van der Waals surface area contributed by atoms with Crippen LogP contribution in [0, 0.1) is 0 Å². The second-order valence-electron chi connectivity index (χ2n) is 7.11. The van der Waals surface area contributed by atoms with Crippen LogP contribution in [0.3, 0.4) is 0 Å². The molecule has 0 saturated carbocycles. The predicted octanol–water partition coefficient (Wildman–Crippen LogP) is 2.96. The van der Waals surface area contributed by atoms with Gasteiger partial charge in [-0.15, -0.1) is 0 Å². The number of ether oxygens (including phenoxy) is 1. The Morgan fingerprint density at radius 3 is 2.83 bits per heavy atom. The summed E-state index contributed by atoms with van der Waals surface area (Å²) in [6.45, 7) is 1.03. The Morgan fingerprint density at radius 2 is 2.00 bits per heavy atom. The van der Waals surface area contributed by atoms with E-state index < -0.39 is 5.41 Å². The van der Waals surface area contributed by atoms with E-state index in [4.69, 9.17) is 15.5 Å². The van der Waals surface area contributed by atoms with Crippen LogP contribution in [-0.2, 0) is 14.9 Å². The average molecular weight is 405 g/mol. The van der Waals surface area contributed by atoms with Gasteiger partial charge in [0.15, 0.2) is 5.65 Å². The number of hydrogen-bond acceptors (Lipinski definition) is 6. The van der Waals surface area contributed by atoms with Crippen molar-refractivity contribution in [3.8, 4) is 0 Å². The van der Waals surface area contributed by atoms with Crippen LogP contribution in [0.1, 0.15) is 18.5 Å². The van der Waals surface area contributed by atoms with Crippen LogP contribution < -0.4 is 5.73 Å². The fourth-order valence-corrected chi connectivity index (χ4v) is 4.70. The monoisotopic (exact) mass is 405 g/mol. The maximum Gasteiger partial charge on any atom is 0.229 e. The van der Waals surface area contributed by atoms with Gasteiger partial charge in [-0.05, 0) is 55.3 Å². The molecule has 1 saturated heterocycles. The van der Waals surface area contributed by atoms with Crippen molar-refractivity contribution in [2.75, 3.05) is 13.2 Å². The highest BCUT2D eigenvalue weighted by Gasteiger charge is 2.41. The first-order chi connectivity index (χ1) is 14.2. The number of carbonyl (C=O) groups excluding carboxylic acids is 1. The molecule has 1 aliphatic heterocycles. The van der Waals surface area contributed by atoms with Gasteiger partial charge < -0.3 is 10.5 Å². The van der Waals surface area contributed by atoms with E-state index in [2.05, 4.69) is 16.1 Å². The smallest absolute Gasteiger partial charge is 0.229 e. The third kappa shape index (κ3) is 3.14. The summed E-state index contributed by atoms with van der Waals surface area (Å²) in [7, 11) is 0. The van der Waals surface area contributed by atoms with Crippen LogP contribution in [-0.4, -0.2) is 38.7 Å². The quantitative estimate of drug-likeness (QED) is 0.561. The van der Waals surface area contributed by atoms with E-state index in [1.165, 1.54) is 0 Å². The molecular weight excluding hydrogens is 386 g/mol. The molecule has 0 bridgehead atoms. The van der Waals surface area contributed by atoms with E-state index >= 15 is 0 Å². The van der Waals surface area contributed by atoms with Crippen molar-refractivity contribution in [1.29, 1.82) is 0 Å². The normalized spacial score (nSPS) is 16.3. The maximum atomic E-state index is 12.3. The van der Waals surface area contributed by atoms with Gasteiger partial charge in [-0.1, -0.05) is 17.8 Å². The first-order valence-electron chi connectivity index (χ1n) is 9.41. The molecule has 4 aromatic rings. The lowest BCUT2D eigenvalue weighted by atomic mass is 9.76. The minimum Gasteiger partial charge on any atom is -0.381 e.